The highest BCUT2D eigenvalue weighted by atomic mass is 35.5. The van der Waals surface area contributed by atoms with Crippen molar-refractivity contribution in [2.24, 2.45) is 0 Å². The van der Waals surface area contributed by atoms with Crippen LogP contribution in [0.4, 0.5) is 5.82 Å². The van der Waals surface area contributed by atoms with E-state index in [0.29, 0.717) is 17.3 Å². The Bertz CT molecular complexity index is 481. The Hall–Kier alpha value is -1.13. The fourth-order valence-corrected chi connectivity index (χ4v) is 2.11. The summed E-state index contributed by atoms with van der Waals surface area (Å²) >= 11 is 7.48. The molecule has 0 spiro atoms. The number of aromatic nitrogens is 2. The van der Waals surface area contributed by atoms with Crippen LogP contribution in [0.3, 0.4) is 0 Å². The highest BCUT2D eigenvalue weighted by molar-refractivity contribution is 7.09. The standard InChI is InChI=1S/C10H10ClN3S/c1-6-14-9(5-15-6)3-7-2-8(11)4-13-10(7)12/h2,4-5H,3H2,1H3,(H2,12,13). The number of halogens is 1. The van der Waals surface area contributed by atoms with Crippen LogP contribution in [0.1, 0.15) is 16.3 Å². The first kappa shape index (κ1) is 10.4. The summed E-state index contributed by atoms with van der Waals surface area (Å²) in [4.78, 5) is 8.37. The van der Waals surface area contributed by atoms with Crippen LogP contribution < -0.4 is 5.73 Å². The summed E-state index contributed by atoms with van der Waals surface area (Å²) in [5.74, 6) is 0.519. The number of nitrogen functional groups attached to an aromatic ring is 1. The zero-order valence-corrected chi connectivity index (χ0v) is 9.77. The van der Waals surface area contributed by atoms with Crippen LogP contribution in [0.25, 0.3) is 0 Å². The molecule has 0 amide bonds. The molecule has 0 aliphatic rings. The van der Waals surface area contributed by atoms with Gasteiger partial charge in [-0.05, 0) is 13.0 Å². The maximum atomic E-state index is 5.85. The molecule has 2 N–H and O–H groups in total. The second kappa shape index (κ2) is 4.16. The smallest absolute Gasteiger partial charge is 0.127 e. The Morgan fingerprint density at radius 2 is 2.33 bits per heavy atom. The average molecular weight is 240 g/mol. The number of aryl methyl sites for hydroxylation is 1. The lowest BCUT2D eigenvalue weighted by molar-refractivity contribution is 1.07. The van der Waals surface area contributed by atoms with Gasteiger partial charge in [-0.15, -0.1) is 11.3 Å². The summed E-state index contributed by atoms with van der Waals surface area (Å²) in [5, 5.41) is 3.68. The van der Waals surface area contributed by atoms with Gasteiger partial charge in [0.1, 0.15) is 5.82 Å². The van der Waals surface area contributed by atoms with Crippen molar-refractivity contribution in [2.45, 2.75) is 13.3 Å². The third-order valence-electron chi connectivity index (χ3n) is 2.01. The van der Waals surface area contributed by atoms with Crippen molar-refractivity contribution in [3.63, 3.8) is 0 Å². The summed E-state index contributed by atoms with van der Waals surface area (Å²) < 4.78 is 0. The second-order valence-corrected chi connectivity index (χ2v) is 4.73. The minimum Gasteiger partial charge on any atom is -0.383 e. The first-order chi connectivity index (χ1) is 7.15. The minimum absolute atomic E-state index is 0.519. The number of hydrogen-bond donors (Lipinski definition) is 1. The van der Waals surface area contributed by atoms with Crippen molar-refractivity contribution < 1.29 is 0 Å². The quantitative estimate of drug-likeness (QED) is 0.877. The molecule has 0 unspecified atom stereocenters. The molecule has 15 heavy (non-hydrogen) atoms. The molecule has 0 fully saturated rings. The van der Waals surface area contributed by atoms with E-state index in [1.165, 1.54) is 0 Å². The molecule has 0 saturated carbocycles. The molecular weight excluding hydrogens is 230 g/mol. The normalized spacial score (nSPS) is 10.5. The van der Waals surface area contributed by atoms with Gasteiger partial charge >= 0.3 is 0 Å². The van der Waals surface area contributed by atoms with E-state index in [-0.39, 0.29) is 0 Å². The molecule has 2 heterocycles. The minimum atomic E-state index is 0.519. The highest BCUT2D eigenvalue weighted by Crippen LogP contribution is 2.19. The van der Waals surface area contributed by atoms with Crippen LogP contribution in [0.5, 0.6) is 0 Å². The van der Waals surface area contributed by atoms with E-state index in [9.17, 15) is 0 Å². The first-order valence-electron chi connectivity index (χ1n) is 4.46. The second-order valence-electron chi connectivity index (χ2n) is 3.23. The molecule has 0 aliphatic carbocycles. The third kappa shape index (κ3) is 2.46. The molecule has 0 bridgehead atoms. The Kier molecular flexibility index (Phi) is 2.88. The number of anilines is 1. The molecular formula is C10H10ClN3S. The van der Waals surface area contributed by atoms with Crippen LogP contribution in [-0.4, -0.2) is 9.97 Å². The van der Waals surface area contributed by atoms with Gasteiger partial charge in [0.15, 0.2) is 0 Å². The zero-order chi connectivity index (χ0) is 10.8. The van der Waals surface area contributed by atoms with Gasteiger partial charge in [-0.2, -0.15) is 0 Å². The fourth-order valence-electron chi connectivity index (χ4n) is 1.32. The van der Waals surface area contributed by atoms with Crippen molar-refractivity contribution >= 4 is 28.8 Å². The van der Waals surface area contributed by atoms with Gasteiger partial charge in [0, 0.05) is 23.6 Å². The molecule has 0 atom stereocenters. The topological polar surface area (TPSA) is 51.8 Å². The van der Waals surface area contributed by atoms with Crippen LogP contribution in [-0.2, 0) is 6.42 Å². The van der Waals surface area contributed by atoms with Crippen molar-refractivity contribution in [2.75, 3.05) is 5.73 Å². The van der Waals surface area contributed by atoms with Crippen molar-refractivity contribution in [3.05, 3.63) is 38.9 Å². The number of nitrogens with two attached hydrogens (primary N) is 1. The van der Waals surface area contributed by atoms with Crippen molar-refractivity contribution in [1.29, 1.82) is 0 Å². The van der Waals surface area contributed by atoms with E-state index in [2.05, 4.69) is 9.97 Å². The molecule has 0 radical (unpaired) electrons. The monoisotopic (exact) mass is 239 g/mol. The molecule has 78 valence electrons. The zero-order valence-electron chi connectivity index (χ0n) is 8.20. The lowest BCUT2D eigenvalue weighted by Gasteiger charge is -2.02. The maximum Gasteiger partial charge on any atom is 0.127 e. The van der Waals surface area contributed by atoms with Gasteiger partial charge in [-0.25, -0.2) is 9.97 Å². The van der Waals surface area contributed by atoms with Crippen LogP contribution in [0.2, 0.25) is 5.02 Å². The maximum absolute atomic E-state index is 5.85. The van der Waals surface area contributed by atoms with E-state index in [1.54, 1.807) is 17.5 Å². The Labute approximate surface area is 96.9 Å². The van der Waals surface area contributed by atoms with Gasteiger partial charge in [0.05, 0.1) is 15.7 Å². The molecule has 0 aromatic carbocycles. The van der Waals surface area contributed by atoms with Crippen LogP contribution >= 0.6 is 22.9 Å². The van der Waals surface area contributed by atoms with Gasteiger partial charge in [-0.1, -0.05) is 11.6 Å². The van der Waals surface area contributed by atoms with Crippen molar-refractivity contribution in [1.82, 2.24) is 9.97 Å². The summed E-state index contributed by atoms with van der Waals surface area (Å²) in [6.45, 7) is 1.98. The summed E-state index contributed by atoms with van der Waals surface area (Å²) in [6.07, 6.45) is 2.23. The molecule has 0 aliphatic heterocycles. The Morgan fingerprint density at radius 3 is 3.00 bits per heavy atom. The average Bonchev–Trinajstić information content (AvgIpc) is 2.58. The fraction of sp³-hybridized carbons (Fsp3) is 0.200. The van der Waals surface area contributed by atoms with Gasteiger partial charge in [-0.3, -0.25) is 0 Å². The van der Waals surface area contributed by atoms with E-state index >= 15 is 0 Å². The van der Waals surface area contributed by atoms with Crippen LogP contribution in [0.15, 0.2) is 17.6 Å². The van der Waals surface area contributed by atoms with Crippen LogP contribution in [0, 0.1) is 6.92 Å². The Morgan fingerprint density at radius 1 is 1.53 bits per heavy atom. The van der Waals surface area contributed by atoms with E-state index in [4.69, 9.17) is 17.3 Å². The molecule has 2 aromatic heterocycles. The number of pyridine rings is 1. The Balaban J connectivity index is 2.27. The number of nitrogens with zero attached hydrogens (tertiary/aromatic N) is 2. The van der Waals surface area contributed by atoms with Gasteiger partial charge < -0.3 is 5.73 Å². The van der Waals surface area contributed by atoms with Gasteiger partial charge in [0.2, 0.25) is 0 Å². The third-order valence-corrected chi connectivity index (χ3v) is 3.04. The lowest BCUT2D eigenvalue weighted by atomic mass is 10.1. The summed E-state index contributed by atoms with van der Waals surface area (Å²) in [7, 11) is 0. The molecule has 5 heteroatoms. The SMILES string of the molecule is Cc1nc(Cc2cc(Cl)cnc2N)cs1. The van der Waals surface area contributed by atoms with E-state index in [1.807, 2.05) is 18.4 Å². The summed E-state index contributed by atoms with van der Waals surface area (Å²) in [6, 6.07) is 1.83. The molecule has 2 aromatic rings. The van der Waals surface area contributed by atoms with Crippen molar-refractivity contribution in [3.8, 4) is 0 Å². The van der Waals surface area contributed by atoms with E-state index in [0.717, 1.165) is 16.3 Å². The number of hydrogen-bond acceptors (Lipinski definition) is 4. The number of thiazole rings is 1. The number of rotatable bonds is 2. The summed E-state index contributed by atoms with van der Waals surface area (Å²) in [5.41, 5.74) is 7.68. The van der Waals surface area contributed by atoms with E-state index < -0.39 is 0 Å². The lowest BCUT2D eigenvalue weighted by Crippen LogP contribution is -1.98. The largest absolute Gasteiger partial charge is 0.383 e. The predicted octanol–water partition coefficient (Wildman–Crippen LogP) is 2.67. The molecule has 2 rings (SSSR count). The molecule has 3 nitrogen and oxygen atoms in total. The molecule has 0 saturated heterocycles. The predicted molar refractivity (Wildman–Crippen MR) is 63.3 cm³/mol. The first-order valence-corrected chi connectivity index (χ1v) is 5.72. The van der Waals surface area contributed by atoms with Gasteiger partial charge in [0.25, 0.3) is 0 Å². The highest BCUT2D eigenvalue weighted by Gasteiger charge is 2.05.